The van der Waals surface area contributed by atoms with Crippen LogP contribution in [0.2, 0.25) is 19.6 Å². The SMILES string of the molecule is C[Si](C)(C)OC12OCCC1C2c1ccccc1. The summed E-state index contributed by atoms with van der Waals surface area (Å²) in [6.45, 7) is 7.57. The Balaban J connectivity index is 1.85. The smallest absolute Gasteiger partial charge is 0.187 e. The van der Waals surface area contributed by atoms with E-state index in [2.05, 4.69) is 50.0 Å². The molecule has 3 unspecified atom stereocenters. The maximum Gasteiger partial charge on any atom is 0.187 e. The average Bonchev–Trinajstić information content (AvgIpc) is 2.65. The molecule has 2 aliphatic rings. The van der Waals surface area contributed by atoms with Gasteiger partial charge in [-0.25, -0.2) is 0 Å². The highest BCUT2D eigenvalue weighted by molar-refractivity contribution is 6.69. The van der Waals surface area contributed by atoms with E-state index >= 15 is 0 Å². The summed E-state index contributed by atoms with van der Waals surface area (Å²) < 4.78 is 12.3. The molecule has 2 nitrogen and oxygen atoms in total. The van der Waals surface area contributed by atoms with E-state index < -0.39 is 8.32 Å². The summed E-state index contributed by atoms with van der Waals surface area (Å²) in [6, 6.07) is 10.7. The first-order valence-corrected chi connectivity index (χ1v) is 9.83. The molecule has 0 bridgehead atoms. The number of benzene rings is 1. The lowest BCUT2D eigenvalue weighted by Gasteiger charge is -2.26. The van der Waals surface area contributed by atoms with Crippen molar-refractivity contribution in [3.63, 3.8) is 0 Å². The summed E-state index contributed by atoms with van der Waals surface area (Å²) >= 11 is 0. The summed E-state index contributed by atoms with van der Waals surface area (Å²) in [4.78, 5) is 0. The van der Waals surface area contributed by atoms with Crippen molar-refractivity contribution in [1.82, 2.24) is 0 Å². The van der Waals surface area contributed by atoms with Crippen molar-refractivity contribution >= 4 is 8.32 Å². The van der Waals surface area contributed by atoms with Crippen LogP contribution in [-0.2, 0) is 9.16 Å². The lowest BCUT2D eigenvalue weighted by Crippen LogP contribution is -2.35. The second-order valence-corrected chi connectivity index (χ2v) is 10.5. The fraction of sp³-hybridized carbons (Fsp3) is 0.571. The largest absolute Gasteiger partial charge is 0.390 e. The van der Waals surface area contributed by atoms with E-state index in [1.165, 1.54) is 5.56 Å². The number of hydrogen-bond acceptors (Lipinski definition) is 2. The van der Waals surface area contributed by atoms with Crippen LogP contribution < -0.4 is 0 Å². The van der Waals surface area contributed by atoms with E-state index in [9.17, 15) is 0 Å². The van der Waals surface area contributed by atoms with Crippen LogP contribution in [-0.4, -0.2) is 20.7 Å². The lowest BCUT2D eigenvalue weighted by molar-refractivity contribution is -0.0951. The Kier molecular flexibility index (Phi) is 2.47. The Morgan fingerprint density at radius 1 is 1.24 bits per heavy atom. The molecule has 3 rings (SSSR count). The van der Waals surface area contributed by atoms with Crippen LogP contribution in [0.3, 0.4) is 0 Å². The fourth-order valence-corrected chi connectivity index (χ4v) is 4.38. The second kappa shape index (κ2) is 3.67. The first-order valence-electron chi connectivity index (χ1n) is 6.42. The molecule has 0 radical (unpaired) electrons. The van der Waals surface area contributed by atoms with Gasteiger partial charge in [-0.1, -0.05) is 30.3 Å². The van der Waals surface area contributed by atoms with Gasteiger partial charge in [-0.05, 0) is 31.6 Å². The highest BCUT2D eigenvalue weighted by atomic mass is 28.4. The van der Waals surface area contributed by atoms with Gasteiger partial charge < -0.3 is 9.16 Å². The van der Waals surface area contributed by atoms with Crippen molar-refractivity contribution < 1.29 is 9.16 Å². The molecule has 0 N–H and O–H groups in total. The van der Waals surface area contributed by atoms with E-state index in [-0.39, 0.29) is 5.79 Å². The van der Waals surface area contributed by atoms with Crippen LogP contribution in [0.25, 0.3) is 0 Å². The van der Waals surface area contributed by atoms with Gasteiger partial charge in [-0.3, -0.25) is 0 Å². The third-order valence-electron chi connectivity index (χ3n) is 3.62. The maximum atomic E-state index is 6.34. The minimum atomic E-state index is -1.55. The van der Waals surface area contributed by atoms with Crippen molar-refractivity contribution in [3.05, 3.63) is 35.9 Å². The minimum Gasteiger partial charge on any atom is -0.390 e. The zero-order valence-corrected chi connectivity index (χ0v) is 11.8. The Bertz CT molecular complexity index is 412. The van der Waals surface area contributed by atoms with Gasteiger partial charge in [0.25, 0.3) is 0 Å². The van der Waals surface area contributed by atoms with E-state index in [1.54, 1.807) is 0 Å². The van der Waals surface area contributed by atoms with Crippen molar-refractivity contribution in [2.45, 2.75) is 37.8 Å². The summed E-state index contributed by atoms with van der Waals surface area (Å²) in [5.41, 5.74) is 1.37. The van der Waals surface area contributed by atoms with Gasteiger partial charge in [0.2, 0.25) is 0 Å². The predicted octanol–water partition coefficient (Wildman–Crippen LogP) is 3.37. The molecule has 1 saturated heterocycles. The van der Waals surface area contributed by atoms with Gasteiger partial charge in [-0.15, -0.1) is 0 Å². The zero-order valence-electron chi connectivity index (χ0n) is 10.8. The van der Waals surface area contributed by atoms with Crippen molar-refractivity contribution in [2.75, 3.05) is 6.61 Å². The minimum absolute atomic E-state index is 0.272. The maximum absolute atomic E-state index is 6.34. The molecule has 3 heteroatoms. The first kappa shape index (κ1) is 11.4. The Hall–Kier alpha value is -0.643. The Labute approximate surface area is 104 Å². The third-order valence-corrected chi connectivity index (χ3v) is 4.56. The molecule has 0 amide bonds. The molecule has 1 heterocycles. The summed E-state index contributed by atoms with van der Waals surface area (Å²) in [5, 5.41) is 0. The van der Waals surface area contributed by atoms with Gasteiger partial charge in [0, 0.05) is 11.8 Å². The summed E-state index contributed by atoms with van der Waals surface area (Å²) in [5.74, 6) is 0.770. The Morgan fingerprint density at radius 3 is 2.59 bits per heavy atom. The van der Waals surface area contributed by atoms with Crippen LogP contribution in [0.15, 0.2) is 30.3 Å². The number of fused-ring (bicyclic) bond motifs is 1. The molecule has 1 aliphatic carbocycles. The monoisotopic (exact) mass is 248 g/mol. The topological polar surface area (TPSA) is 18.5 Å². The summed E-state index contributed by atoms with van der Waals surface area (Å²) in [6.07, 6.45) is 1.14. The zero-order chi connectivity index (χ0) is 12.1. The number of rotatable bonds is 3. The molecule has 92 valence electrons. The van der Waals surface area contributed by atoms with Crippen LogP contribution >= 0.6 is 0 Å². The van der Waals surface area contributed by atoms with Gasteiger partial charge in [-0.2, -0.15) is 0 Å². The predicted molar refractivity (Wildman–Crippen MR) is 70.4 cm³/mol. The molecule has 3 atom stereocenters. The van der Waals surface area contributed by atoms with Crippen LogP contribution in [0.1, 0.15) is 17.9 Å². The molecule has 1 saturated carbocycles. The van der Waals surface area contributed by atoms with Gasteiger partial charge in [0.1, 0.15) is 0 Å². The van der Waals surface area contributed by atoms with Gasteiger partial charge in [0.05, 0.1) is 6.61 Å². The highest BCUT2D eigenvalue weighted by Gasteiger charge is 2.71. The van der Waals surface area contributed by atoms with Crippen molar-refractivity contribution in [2.24, 2.45) is 5.92 Å². The van der Waals surface area contributed by atoms with Crippen molar-refractivity contribution in [1.29, 1.82) is 0 Å². The van der Waals surface area contributed by atoms with Crippen molar-refractivity contribution in [3.8, 4) is 0 Å². The molecule has 1 aliphatic heterocycles. The quantitative estimate of drug-likeness (QED) is 0.764. The second-order valence-electron chi connectivity index (χ2n) is 6.07. The summed E-state index contributed by atoms with van der Waals surface area (Å²) in [7, 11) is -1.55. The first-order chi connectivity index (χ1) is 8.03. The number of hydrogen-bond donors (Lipinski definition) is 0. The van der Waals surface area contributed by atoms with E-state index in [0.717, 1.165) is 13.0 Å². The van der Waals surface area contributed by atoms with E-state index in [4.69, 9.17) is 9.16 Å². The lowest BCUT2D eigenvalue weighted by atomic mass is 10.1. The van der Waals surface area contributed by atoms with Gasteiger partial charge in [0.15, 0.2) is 14.1 Å². The standard InChI is InChI=1S/C14H20O2Si/c1-17(2,3)16-14-12(9-10-15-14)13(14)11-7-5-4-6-8-11/h4-8,12-13H,9-10H2,1-3H3. The molecule has 2 fully saturated rings. The Morgan fingerprint density at radius 2 is 1.94 bits per heavy atom. The average molecular weight is 248 g/mol. The molecular weight excluding hydrogens is 228 g/mol. The van der Waals surface area contributed by atoms with Crippen LogP contribution in [0, 0.1) is 5.92 Å². The highest BCUT2D eigenvalue weighted by Crippen LogP contribution is 2.66. The molecule has 1 aromatic rings. The normalized spacial score (nSPS) is 35.7. The van der Waals surface area contributed by atoms with E-state index in [0.29, 0.717) is 11.8 Å². The van der Waals surface area contributed by atoms with E-state index in [1.807, 2.05) is 0 Å². The molecular formula is C14H20O2Si. The molecule has 0 aromatic heterocycles. The molecule has 17 heavy (non-hydrogen) atoms. The van der Waals surface area contributed by atoms with Crippen LogP contribution in [0.4, 0.5) is 0 Å². The van der Waals surface area contributed by atoms with Crippen LogP contribution in [0.5, 0.6) is 0 Å². The third kappa shape index (κ3) is 1.86. The molecule has 1 aromatic carbocycles. The molecule has 0 spiro atoms. The number of ether oxygens (including phenoxy) is 1. The van der Waals surface area contributed by atoms with Gasteiger partial charge >= 0.3 is 0 Å². The fourth-order valence-electron chi connectivity index (χ4n) is 3.09.